The summed E-state index contributed by atoms with van der Waals surface area (Å²) in [6, 6.07) is 5.36. The first-order valence-electron chi connectivity index (χ1n) is 6.43. The van der Waals surface area contributed by atoms with Crippen LogP contribution in [0.2, 0.25) is 5.02 Å². The van der Waals surface area contributed by atoms with Crippen molar-refractivity contribution in [3.63, 3.8) is 0 Å². The molecule has 0 amide bonds. The van der Waals surface area contributed by atoms with Gasteiger partial charge in [-0.25, -0.2) is 0 Å². The SMILES string of the molecule is OCc1ccc(OCCCC2CCCO2)c(Cl)c1. The molecule has 2 rings (SSSR count). The molecule has 1 heterocycles. The van der Waals surface area contributed by atoms with Gasteiger partial charge in [0.2, 0.25) is 0 Å². The van der Waals surface area contributed by atoms with Gasteiger partial charge in [0.25, 0.3) is 0 Å². The summed E-state index contributed by atoms with van der Waals surface area (Å²) in [6.07, 6.45) is 4.79. The molecule has 1 aliphatic rings. The van der Waals surface area contributed by atoms with Gasteiger partial charge >= 0.3 is 0 Å². The van der Waals surface area contributed by atoms with E-state index in [2.05, 4.69) is 0 Å². The summed E-state index contributed by atoms with van der Waals surface area (Å²) in [5.41, 5.74) is 0.798. The third-order valence-corrected chi connectivity index (χ3v) is 3.43. The number of aliphatic hydroxyl groups excluding tert-OH is 1. The van der Waals surface area contributed by atoms with E-state index in [9.17, 15) is 0 Å². The maximum Gasteiger partial charge on any atom is 0.137 e. The highest BCUT2D eigenvalue weighted by molar-refractivity contribution is 6.32. The Labute approximate surface area is 113 Å². The van der Waals surface area contributed by atoms with Gasteiger partial charge < -0.3 is 14.6 Å². The summed E-state index contributed by atoms with van der Waals surface area (Å²) < 4.78 is 11.2. The predicted molar refractivity (Wildman–Crippen MR) is 71.1 cm³/mol. The second-order valence-corrected chi connectivity index (χ2v) is 4.96. The summed E-state index contributed by atoms with van der Waals surface area (Å²) in [7, 11) is 0. The highest BCUT2D eigenvalue weighted by Crippen LogP contribution is 2.26. The van der Waals surface area contributed by atoms with Crippen molar-refractivity contribution in [2.45, 2.75) is 38.4 Å². The third-order valence-electron chi connectivity index (χ3n) is 3.13. The van der Waals surface area contributed by atoms with Crippen LogP contribution in [0.3, 0.4) is 0 Å². The van der Waals surface area contributed by atoms with Crippen molar-refractivity contribution in [3.8, 4) is 5.75 Å². The second kappa shape index (κ2) is 6.98. The minimum Gasteiger partial charge on any atom is -0.492 e. The second-order valence-electron chi connectivity index (χ2n) is 4.55. The molecule has 18 heavy (non-hydrogen) atoms. The number of aliphatic hydroxyl groups is 1. The van der Waals surface area contributed by atoms with Crippen molar-refractivity contribution in [1.29, 1.82) is 0 Å². The molecule has 0 radical (unpaired) electrons. The van der Waals surface area contributed by atoms with Crippen molar-refractivity contribution < 1.29 is 14.6 Å². The molecule has 1 fully saturated rings. The number of hydrogen-bond acceptors (Lipinski definition) is 3. The fourth-order valence-electron chi connectivity index (χ4n) is 2.12. The average Bonchev–Trinajstić information content (AvgIpc) is 2.89. The number of benzene rings is 1. The van der Waals surface area contributed by atoms with Crippen molar-refractivity contribution in [3.05, 3.63) is 28.8 Å². The van der Waals surface area contributed by atoms with Gasteiger partial charge in [-0.05, 0) is 43.4 Å². The van der Waals surface area contributed by atoms with Crippen LogP contribution in [0.4, 0.5) is 0 Å². The Bertz CT molecular complexity index is 375. The van der Waals surface area contributed by atoms with Gasteiger partial charge in [0.1, 0.15) is 5.75 Å². The van der Waals surface area contributed by atoms with E-state index in [0.717, 1.165) is 25.0 Å². The summed E-state index contributed by atoms with van der Waals surface area (Å²) in [4.78, 5) is 0. The fourth-order valence-corrected chi connectivity index (χ4v) is 2.38. The molecule has 0 spiro atoms. The zero-order chi connectivity index (χ0) is 12.8. The minimum absolute atomic E-state index is 0.000973. The van der Waals surface area contributed by atoms with E-state index in [4.69, 9.17) is 26.2 Å². The van der Waals surface area contributed by atoms with E-state index in [1.807, 2.05) is 6.07 Å². The molecule has 0 aromatic heterocycles. The smallest absolute Gasteiger partial charge is 0.137 e. The average molecular weight is 271 g/mol. The lowest BCUT2D eigenvalue weighted by atomic mass is 10.1. The highest BCUT2D eigenvalue weighted by Gasteiger charge is 2.14. The number of halogens is 1. The molecular formula is C14H19ClO3. The van der Waals surface area contributed by atoms with Crippen LogP contribution in [0.1, 0.15) is 31.2 Å². The zero-order valence-electron chi connectivity index (χ0n) is 10.4. The third kappa shape index (κ3) is 3.87. The summed E-state index contributed by atoms with van der Waals surface area (Å²) >= 11 is 6.05. The van der Waals surface area contributed by atoms with E-state index in [1.54, 1.807) is 12.1 Å². The van der Waals surface area contributed by atoms with Gasteiger partial charge in [-0.1, -0.05) is 17.7 Å². The van der Waals surface area contributed by atoms with E-state index in [-0.39, 0.29) is 6.61 Å². The van der Waals surface area contributed by atoms with E-state index in [1.165, 1.54) is 12.8 Å². The van der Waals surface area contributed by atoms with Gasteiger partial charge in [0, 0.05) is 6.61 Å². The van der Waals surface area contributed by atoms with E-state index in [0.29, 0.717) is 23.5 Å². The maximum absolute atomic E-state index is 8.97. The zero-order valence-corrected chi connectivity index (χ0v) is 11.2. The van der Waals surface area contributed by atoms with Gasteiger partial charge in [-0.3, -0.25) is 0 Å². The Kier molecular flexibility index (Phi) is 5.29. The predicted octanol–water partition coefficient (Wildman–Crippen LogP) is 3.17. The Morgan fingerprint density at radius 3 is 3.00 bits per heavy atom. The van der Waals surface area contributed by atoms with E-state index < -0.39 is 0 Å². The van der Waals surface area contributed by atoms with Crippen LogP contribution in [-0.4, -0.2) is 24.4 Å². The highest BCUT2D eigenvalue weighted by atomic mass is 35.5. The molecule has 1 N–H and O–H groups in total. The van der Waals surface area contributed by atoms with Crippen LogP contribution >= 0.6 is 11.6 Å². The largest absolute Gasteiger partial charge is 0.492 e. The fraction of sp³-hybridized carbons (Fsp3) is 0.571. The van der Waals surface area contributed by atoms with Gasteiger partial charge in [0.05, 0.1) is 24.3 Å². The van der Waals surface area contributed by atoms with Crippen LogP contribution in [0.15, 0.2) is 18.2 Å². The number of ether oxygens (including phenoxy) is 2. The number of rotatable bonds is 6. The number of hydrogen-bond donors (Lipinski definition) is 1. The monoisotopic (exact) mass is 270 g/mol. The van der Waals surface area contributed by atoms with Gasteiger partial charge in [0.15, 0.2) is 0 Å². The molecule has 1 unspecified atom stereocenters. The van der Waals surface area contributed by atoms with Gasteiger partial charge in [-0.2, -0.15) is 0 Å². The van der Waals surface area contributed by atoms with Gasteiger partial charge in [-0.15, -0.1) is 0 Å². The first-order chi connectivity index (χ1) is 8.79. The summed E-state index contributed by atoms with van der Waals surface area (Å²) in [6.45, 7) is 1.55. The van der Waals surface area contributed by atoms with Crippen LogP contribution < -0.4 is 4.74 Å². The molecule has 100 valence electrons. The minimum atomic E-state index is -0.000973. The van der Waals surface area contributed by atoms with Crippen molar-refractivity contribution in [2.24, 2.45) is 0 Å². The molecule has 4 heteroatoms. The first kappa shape index (κ1) is 13.7. The lowest BCUT2D eigenvalue weighted by molar-refractivity contribution is 0.0981. The van der Waals surface area contributed by atoms with Crippen molar-refractivity contribution >= 4 is 11.6 Å². The summed E-state index contributed by atoms with van der Waals surface area (Å²) in [5.74, 6) is 0.682. The Morgan fingerprint density at radius 2 is 2.33 bits per heavy atom. The van der Waals surface area contributed by atoms with E-state index >= 15 is 0 Å². The maximum atomic E-state index is 8.97. The molecule has 0 bridgehead atoms. The van der Waals surface area contributed by atoms with Crippen LogP contribution in [0, 0.1) is 0 Å². The Balaban J connectivity index is 1.72. The van der Waals surface area contributed by atoms with Crippen LogP contribution in [0.25, 0.3) is 0 Å². The standard InChI is InChI=1S/C14H19ClO3/c15-13-9-11(10-16)5-6-14(13)18-8-2-4-12-3-1-7-17-12/h5-6,9,12,16H,1-4,7-8,10H2. The molecule has 1 saturated heterocycles. The van der Waals surface area contributed by atoms with Crippen LogP contribution in [0.5, 0.6) is 5.75 Å². The Hall–Kier alpha value is -0.770. The molecular weight excluding hydrogens is 252 g/mol. The molecule has 3 nitrogen and oxygen atoms in total. The van der Waals surface area contributed by atoms with Crippen molar-refractivity contribution in [2.75, 3.05) is 13.2 Å². The molecule has 0 saturated carbocycles. The lowest BCUT2D eigenvalue weighted by Gasteiger charge is -2.11. The molecule has 1 aliphatic heterocycles. The molecule has 1 aromatic rings. The normalized spacial score (nSPS) is 19.1. The molecule has 0 aliphatic carbocycles. The Morgan fingerprint density at radius 1 is 1.44 bits per heavy atom. The lowest BCUT2D eigenvalue weighted by Crippen LogP contribution is -2.07. The topological polar surface area (TPSA) is 38.7 Å². The summed E-state index contributed by atoms with van der Waals surface area (Å²) in [5, 5.41) is 9.53. The first-order valence-corrected chi connectivity index (χ1v) is 6.81. The molecule has 1 atom stereocenters. The van der Waals surface area contributed by atoms with Crippen molar-refractivity contribution in [1.82, 2.24) is 0 Å². The van der Waals surface area contributed by atoms with Crippen LogP contribution in [-0.2, 0) is 11.3 Å². The molecule has 1 aromatic carbocycles. The quantitative estimate of drug-likeness (QED) is 0.807.